The predicted octanol–water partition coefficient (Wildman–Crippen LogP) is 2.20. The maximum Gasteiger partial charge on any atom is 0.217 e. The van der Waals surface area contributed by atoms with Crippen molar-refractivity contribution in [2.45, 2.75) is 6.42 Å². The Bertz CT molecular complexity index is 639. The molecule has 2 heterocycles. The fourth-order valence-corrected chi connectivity index (χ4v) is 2.38. The molecule has 0 saturated carbocycles. The SMILES string of the molecule is COc1cc2nc3c(cc2c(OC)c1OC)CCO3. The standard InChI is InChI=1S/C14H15NO4/c1-16-11-7-10-9(12(17-2)13(11)18-3)6-8-4-5-19-14(8)15-10/h6-7H,4-5H2,1-3H3. The molecule has 5 nitrogen and oxygen atoms in total. The Morgan fingerprint density at radius 2 is 1.84 bits per heavy atom. The van der Waals surface area contributed by atoms with Crippen molar-refractivity contribution in [3.05, 3.63) is 17.7 Å². The Hall–Kier alpha value is -2.17. The van der Waals surface area contributed by atoms with Gasteiger partial charge in [-0.2, -0.15) is 0 Å². The van der Waals surface area contributed by atoms with Crippen LogP contribution >= 0.6 is 0 Å². The molecule has 0 atom stereocenters. The van der Waals surface area contributed by atoms with Crippen LogP contribution in [0.5, 0.6) is 23.1 Å². The fourth-order valence-electron chi connectivity index (χ4n) is 2.38. The van der Waals surface area contributed by atoms with Crippen LogP contribution in [0.4, 0.5) is 0 Å². The molecule has 1 aromatic heterocycles. The highest BCUT2D eigenvalue weighted by Crippen LogP contribution is 2.44. The molecule has 5 heteroatoms. The molecule has 0 amide bonds. The second kappa shape index (κ2) is 4.50. The minimum Gasteiger partial charge on any atom is -0.493 e. The van der Waals surface area contributed by atoms with Gasteiger partial charge in [0.05, 0.1) is 33.5 Å². The van der Waals surface area contributed by atoms with Gasteiger partial charge >= 0.3 is 0 Å². The summed E-state index contributed by atoms with van der Waals surface area (Å²) in [6.45, 7) is 0.676. The van der Waals surface area contributed by atoms with Crippen LogP contribution in [-0.4, -0.2) is 32.9 Å². The minimum atomic E-state index is 0.582. The lowest BCUT2D eigenvalue weighted by molar-refractivity contribution is 0.327. The first-order valence-electron chi connectivity index (χ1n) is 6.04. The van der Waals surface area contributed by atoms with Crippen molar-refractivity contribution < 1.29 is 18.9 Å². The number of nitrogens with zero attached hydrogens (tertiary/aromatic N) is 1. The summed E-state index contributed by atoms with van der Waals surface area (Å²) in [5.74, 6) is 2.51. The lowest BCUT2D eigenvalue weighted by atomic mass is 10.1. The molecule has 0 aliphatic carbocycles. The van der Waals surface area contributed by atoms with E-state index in [2.05, 4.69) is 4.98 Å². The average molecular weight is 261 g/mol. The zero-order chi connectivity index (χ0) is 13.4. The van der Waals surface area contributed by atoms with Crippen LogP contribution in [0.25, 0.3) is 10.9 Å². The van der Waals surface area contributed by atoms with E-state index in [0.29, 0.717) is 29.7 Å². The number of ether oxygens (including phenoxy) is 4. The van der Waals surface area contributed by atoms with E-state index < -0.39 is 0 Å². The van der Waals surface area contributed by atoms with Crippen LogP contribution < -0.4 is 18.9 Å². The topological polar surface area (TPSA) is 49.8 Å². The molecule has 0 saturated heterocycles. The largest absolute Gasteiger partial charge is 0.493 e. The smallest absolute Gasteiger partial charge is 0.217 e. The van der Waals surface area contributed by atoms with Gasteiger partial charge in [0.15, 0.2) is 11.5 Å². The molecule has 1 aromatic carbocycles. The van der Waals surface area contributed by atoms with E-state index in [1.54, 1.807) is 21.3 Å². The Morgan fingerprint density at radius 3 is 2.53 bits per heavy atom. The van der Waals surface area contributed by atoms with Gasteiger partial charge in [-0.1, -0.05) is 0 Å². The molecular weight excluding hydrogens is 246 g/mol. The molecule has 0 spiro atoms. The summed E-state index contributed by atoms with van der Waals surface area (Å²) < 4.78 is 21.6. The van der Waals surface area contributed by atoms with Crippen molar-refractivity contribution >= 4 is 10.9 Å². The minimum absolute atomic E-state index is 0.582. The van der Waals surface area contributed by atoms with E-state index in [1.807, 2.05) is 12.1 Å². The van der Waals surface area contributed by atoms with E-state index >= 15 is 0 Å². The zero-order valence-corrected chi connectivity index (χ0v) is 11.1. The number of hydrogen-bond acceptors (Lipinski definition) is 5. The van der Waals surface area contributed by atoms with Crippen LogP contribution in [0, 0.1) is 0 Å². The van der Waals surface area contributed by atoms with E-state index in [1.165, 1.54) is 0 Å². The van der Waals surface area contributed by atoms with Gasteiger partial charge in [0.25, 0.3) is 0 Å². The van der Waals surface area contributed by atoms with Gasteiger partial charge in [0, 0.05) is 23.4 Å². The highest BCUT2D eigenvalue weighted by molar-refractivity contribution is 5.91. The zero-order valence-electron chi connectivity index (χ0n) is 11.1. The number of pyridine rings is 1. The Morgan fingerprint density at radius 1 is 1.05 bits per heavy atom. The molecule has 2 aromatic rings. The van der Waals surface area contributed by atoms with Crippen LogP contribution in [0.3, 0.4) is 0 Å². The van der Waals surface area contributed by atoms with Gasteiger partial charge in [0.1, 0.15) is 0 Å². The number of fused-ring (bicyclic) bond motifs is 2. The maximum atomic E-state index is 5.49. The number of benzene rings is 1. The van der Waals surface area contributed by atoms with Crippen LogP contribution in [0.1, 0.15) is 5.56 Å². The first kappa shape index (κ1) is 11.9. The third kappa shape index (κ3) is 1.73. The summed E-state index contributed by atoms with van der Waals surface area (Å²) in [4.78, 5) is 4.51. The van der Waals surface area contributed by atoms with Gasteiger partial charge in [-0.25, -0.2) is 4.98 Å². The molecule has 100 valence electrons. The number of rotatable bonds is 3. The molecule has 0 unspecified atom stereocenters. The van der Waals surface area contributed by atoms with E-state index in [-0.39, 0.29) is 0 Å². The molecule has 0 radical (unpaired) electrons. The van der Waals surface area contributed by atoms with Crippen molar-refractivity contribution in [1.82, 2.24) is 4.98 Å². The molecule has 3 rings (SSSR count). The predicted molar refractivity (Wildman–Crippen MR) is 70.6 cm³/mol. The lowest BCUT2D eigenvalue weighted by Gasteiger charge is -2.14. The van der Waals surface area contributed by atoms with Crippen LogP contribution in [0.15, 0.2) is 12.1 Å². The van der Waals surface area contributed by atoms with E-state index in [9.17, 15) is 0 Å². The highest BCUT2D eigenvalue weighted by Gasteiger charge is 2.21. The van der Waals surface area contributed by atoms with Gasteiger partial charge < -0.3 is 18.9 Å². The quantitative estimate of drug-likeness (QED) is 0.847. The van der Waals surface area contributed by atoms with E-state index in [4.69, 9.17) is 18.9 Å². The van der Waals surface area contributed by atoms with Crippen molar-refractivity contribution in [2.24, 2.45) is 0 Å². The Labute approximate surface area is 111 Å². The summed E-state index contributed by atoms with van der Waals surface area (Å²) in [5.41, 5.74) is 1.87. The Balaban J connectivity index is 2.34. The second-order valence-corrected chi connectivity index (χ2v) is 4.26. The molecule has 19 heavy (non-hydrogen) atoms. The summed E-state index contributed by atoms with van der Waals surface area (Å²) in [6, 6.07) is 3.88. The van der Waals surface area contributed by atoms with Gasteiger partial charge in [-0.3, -0.25) is 0 Å². The molecule has 0 N–H and O–H groups in total. The summed E-state index contributed by atoms with van der Waals surface area (Å²) >= 11 is 0. The lowest BCUT2D eigenvalue weighted by Crippen LogP contribution is -1.97. The van der Waals surface area contributed by atoms with Gasteiger partial charge in [-0.15, -0.1) is 0 Å². The average Bonchev–Trinajstić information content (AvgIpc) is 2.89. The molecule has 0 bridgehead atoms. The first-order valence-corrected chi connectivity index (χ1v) is 6.04. The first-order chi connectivity index (χ1) is 9.28. The third-order valence-electron chi connectivity index (χ3n) is 3.27. The maximum absolute atomic E-state index is 5.49. The van der Waals surface area contributed by atoms with E-state index in [0.717, 1.165) is 22.9 Å². The van der Waals surface area contributed by atoms with Crippen molar-refractivity contribution in [1.29, 1.82) is 0 Å². The third-order valence-corrected chi connectivity index (χ3v) is 3.27. The number of aromatic nitrogens is 1. The second-order valence-electron chi connectivity index (χ2n) is 4.26. The molecule has 1 aliphatic heterocycles. The van der Waals surface area contributed by atoms with Crippen molar-refractivity contribution in [2.75, 3.05) is 27.9 Å². The fraction of sp³-hybridized carbons (Fsp3) is 0.357. The summed E-state index contributed by atoms with van der Waals surface area (Å²) in [5, 5.41) is 0.907. The summed E-state index contributed by atoms with van der Waals surface area (Å²) in [7, 11) is 4.80. The number of methoxy groups -OCH3 is 3. The molecule has 0 fully saturated rings. The number of hydrogen-bond donors (Lipinski definition) is 0. The highest BCUT2D eigenvalue weighted by atomic mass is 16.5. The van der Waals surface area contributed by atoms with Gasteiger partial charge in [-0.05, 0) is 6.07 Å². The van der Waals surface area contributed by atoms with Gasteiger partial charge in [0.2, 0.25) is 11.6 Å². The van der Waals surface area contributed by atoms with Crippen molar-refractivity contribution in [3.63, 3.8) is 0 Å². The Kier molecular flexibility index (Phi) is 2.81. The van der Waals surface area contributed by atoms with Crippen molar-refractivity contribution in [3.8, 4) is 23.1 Å². The molecular formula is C14H15NO4. The van der Waals surface area contributed by atoms with Crippen LogP contribution in [-0.2, 0) is 6.42 Å². The normalized spacial score (nSPS) is 13.0. The molecule has 1 aliphatic rings. The monoisotopic (exact) mass is 261 g/mol. The summed E-state index contributed by atoms with van der Waals surface area (Å²) in [6.07, 6.45) is 0.871. The van der Waals surface area contributed by atoms with Crippen LogP contribution in [0.2, 0.25) is 0 Å².